The summed E-state index contributed by atoms with van der Waals surface area (Å²) in [7, 11) is 0. The van der Waals surface area contributed by atoms with Crippen molar-refractivity contribution in [3.8, 4) is 0 Å². The van der Waals surface area contributed by atoms with Crippen molar-refractivity contribution in [2.24, 2.45) is 11.8 Å². The Hall–Kier alpha value is -0.930. The third-order valence-corrected chi connectivity index (χ3v) is 4.90. The predicted molar refractivity (Wildman–Crippen MR) is 80.3 cm³/mol. The van der Waals surface area contributed by atoms with Gasteiger partial charge >= 0.3 is 0 Å². The summed E-state index contributed by atoms with van der Waals surface area (Å²) in [5.74, 6) is 1.62. The number of halogens is 1. The van der Waals surface area contributed by atoms with Crippen molar-refractivity contribution in [3.63, 3.8) is 0 Å². The molecule has 1 saturated heterocycles. The molecule has 1 saturated carbocycles. The van der Waals surface area contributed by atoms with Crippen LogP contribution >= 0.6 is 0 Å². The highest BCUT2D eigenvalue weighted by Gasteiger charge is 2.41. The summed E-state index contributed by atoms with van der Waals surface area (Å²) in [6.07, 6.45) is 3.27. The Balaban J connectivity index is 1.51. The maximum absolute atomic E-state index is 12.2. The lowest BCUT2D eigenvalue weighted by Crippen LogP contribution is -2.36. The van der Waals surface area contributed by atoms with Crippen LogP contribution in [0.15, 0.2) is 30.3 Å². The number of rotatable bonds is 6. The molecule has 1 aliphatic carbocycles. The average molecular weight is 276 g/mol. The van der Waals surface area contributed by atoms with Crippen LogP contribution in [0.3, 0.4) is 0 Å². The summed E-state index contributed by atoms with van der Waals surface area (Å²) in [6, 6.07) is 11.4. The first kappa shape index (κ1) is 14.0. The van der Waals surface area contributed by atoms with Crippen molar-refractivity contribution in [2.75, 3.05) is 26.3 Å². The standard InChI is InChI=1S/C17H25FN2/c18-9-4-10-19-17-8-7-15-12-20(13-16(15)17)11-14-5-2-1-3-6-14/h1-3,5-6,15-17,19H,4,7-13H2/t15-,16-,17+/m0/s1. The van der Waals surface area contributed by atoms with Crippen LogP contribution < -0.4 is 5.32 Å². The van der Waals surface area contributed by atoms with E-state index in [0.29, 0.717) is 12.5 Å². The van der Waals surface area contributed by atoms with Crippen LogP contribution in [0.25, 0.3) is 0 Å². The summed E-state index contributed by atoms with van der Waals surface area (Å²) in [5, 5.41) is 3.57. The molecule has 1 heterocycles. The maximum Gasteiger partial charge on any atom is 0.0906 e. The number of fused-ring (bicyclic) bond motifs is 1. The minimum atomic E-state index is -0.200. The van der Waals surface area contributed by atoms with Crippen LogP contribution in [-0.4, -0.2) is 37.3 Å². The highest BCUT2D eigenvalue weighted by molar-refractivity contribution is 5.15. The zero-order valence-corrected chi connectivity index (χ0v) is 12.1. The number of hydrogen-bond acceptors (Lipinski definition) is 2. The molecule has 2 fully saturated rings. The first-order chi connectivity index (χ1) is 9.86. The van der Waals surface area contributed by atoms with Crippen molar-refractivity contribution in [3.05, 3.63) is 35.9 Å². The molecule has 1 aliphatic heterocycles. The predicted octanol–water partition coefficient (Wildman–Crippen LogP) is 2.85. The van der Waals surface area contributed by atoms with E-state index < -0.39 is 0 Å². The first-order valence-electron chi connectivity index (χ1n) is 7.92. The Morgan fingerprint density at radius 3 is 2.80 bits per heavy atom. The fourth-order valence-electron chi connectivity index (χ4n) is 3.94. The minimum Gasteiger partial charge on any atom is -0.314 e. The van der Waals surface area contributed by atoms with E-state index in [-0.39, 0.29) is 6.67 Å². The van der Waals surface area contributed by atoms with Gasteiger partial charge < -0.3 is 5.32 Å². The third-order valence-electron chi connectivity index (χ3n) is 4.90. The highest BCUT2D eigenvalue weighted by atomic mass is 19.1. The van der Waals surface area contributed by atoms with Gasteiger partial charge in [-0.25, -0.2) is 0 Å². The molecule has 0 aromatic heterocycles. The molecule has 3 rings (SSSR count). The summed E-state index contributed by atoms with van der Waals surface area (Å²) in [6.45, 7) is 4.15. The minimum absolute atomic E-state index is 0.200. The lowest BCUT2D eigenvalue weighted by molar-refractivity contribution is 0.288. The second-order valence-electron chi connectivity index (χ2n) is 6.28. The van der Waals surface area contributed by atoms with Crippen molar-refractivity contribution in [2.45, 2.75) is 31.8 Å². The molecule has 3 heteroatoms. The lowest BCUT2D eigenvalue weighted by atomic mass is 9.98. The van der Waals surface area contributed by atoms with E-state index in [1.54, 1.807) is 0 Å². The van der Waals surface area contributed by atoms with Gasteiger partial charge in [-0.2, -0.15) is 0 Å². The number of nitrogens with one attached hydrogen (secondary N) is 1. The Labute approximate surface area is 121 Å². The monoisotopic (exact) mass is 276 g/mol. The quantitative estimate of drug-likeness (QED) is 0.804. The second-order valence-corrected chi connectivity index (χ2v) is 6.28. The SMILES string of the molecule is FCCCN[C@@H]1CC[C@H]2CN(Cc3ccccc3)C[C@@H]21. The number of likely N-dealkylation sites (tertiary alicyclic amines) is 1. The number of benzene rings is 1. The molecule has 1 aromatic rings. The fourth-order valence-corrected chi connectivity index (χ4v) is 3.94. The normalized spacial score (nSPS) is 29.8. The summed E-state index contributed by atoms with van der Waals surface area (Å²) >= 11 is 0. The Bertz CT molecular complexity index is 409. The Kier molecular flexibility index (Phi) is 4.69. The van der Waals surface area contributed by atoms with Gasteiger partial charge in [0, 0.05) is 25.7 Å². The summed E-state index contributed by atoms with van der Waals surface area (Å²) < 4.78 is 12.2. The zero-order valence-electron chi connectivity index (χ0n) is 12.1. The average Bonchev–Trinajstić information content (AvgIpc) is 3.01. The van der Waals surface area contributed by atoms with Crippen molar-refractivity contribution < 1.29 is 4.39 Å². The van der Waals surface area contributed by atoms with E-state index in [2.05, 4.69) is 40.5 Å². The van der Waals surface area contributed by atoms with Crippen LogP contribution in [0, 0.1) is 11.8 Å². The fraction of sp³-hybridized carbons (Fsp3) is 0.647. The second kappa shape index (κ2) is 6.68. The van der Waals surface area contributed by atoms with Gasteiger partial charge in [0.1, 0.15) is 0 Å². The van der Waals surface area contributed by atoms with Crippen molar-refractivity contribution in [1.29, 1.82) is 0 Å². The molecule has 1 N–H and O–H groups in total. The lowest BCUT2D eigenvalue weighted by Gasteiger charge is -2.21. The van der Waals surface area contributed by atoms with Gasteiger partial charge in [0.05, 0.1) is 6.67 Å². The van der Waals surface area contributed by atoms with Gasteiger partial charge in [-0.05, 0) is 43.2 Å². The van der Waals surface area contributed by atoms with Crippen LogP contribution in [0.1, 0.15) is 24.8 Å². The molecule has 0 amide bonds. The van der Waals surface area contributed by atoms with Gasteiger partial charge in [0.25, 0.3) is 0 Å². The van der Waals surface area contributed by atoms with Gasteiger partial charge in [-0.1, -0.05) is 30.3 Å². The largest absolute Gasteiger partial charge is 0.314 e. The molecule has 0 spiro atoms. The summed E-state index contributed by atoms with van der Waals surface area (Å²) in [5.41, 5.74) is 1.41. The van der Waals surface area contributed by atoms with E-state index in [1.807, 2.05) is 0 Å². The van der Waals surface area contributed by atoms with Crippen molar-refractivity contribution in [1.82, 2.24) is 10.2 Å². The molecule has 20 heavy (non-hydrogen) atoms. The Morgan fingerprint density at radius 1 is 1.15 bits per heavy atom. The molecule has 3 atom stereocenters. The Morgan fingerprint density at radius 2 is 2.00 bits per heavy atom. The van der Waals surface area contributed by atoms with E-state index >= 15 is 0 Å². The molecule has 0 radical (unpaired) electrons. The van der Waals surface area contributed by atoms with E-state index in [4.69, 9.17) is 0 Å². The molecule has 110 valence electrons. The molecule has 0 unspecified atom stereocenters. The molecular weight excluding hydrogens is 251 g/mol. The van der Waals surface area contributed by atoms with E-state index in [9.17, 15) is 4.39 Å². The highest BCUT2D eigenvalue weighted by Crippen LogP contribution is 2.38. The van der Waals surface area contributed by atoms with Crippen LogP contribution in [0.2, 0.25) is 0 Å². The maximum atomic E-state index is 12.2. The van der Waals surface area contributed by atoms with Crippen LogP contribution in [0.4, 0.5) is 4.39 Å². The van der Waals surface area contributed by atoms with Gasteiger partial charge in [0.2, 0.25) is 0 Å². The van der Waals surface area contributed by atoms with Gasteiger partial charge in [-0.3, -0.25) is 9.29 Å². The molecule has 0 bridgehead atoms. The smallest absolute Gasteiger partial charge is 0.0906 e. The molecule has 1 aromatic carbocycles. The zero-order chi connectivity index (χ0) is 13.8. The van der Waals surface area contributed by atoms with Gasteiger partial charge in [-0.15, -0.1) is 0 Å². The van der Waals surface area contributed by atoms with Gasteiger partial charge in [0.15, 0.2) is 0 Å². The van der Waals surface area contributed by atoms with Crippen LogP contribution in [0.5, 0.6) is 0 Å². The van der Waals surface area contributed by atoms with Crippen LogP contribution in [-0.2, 0) is 6.54 Å². The molecular formula is C17H25FN2. The summed E-state index contributed by atoms with van der Waals surface area (Å²) in [4.78, 5) is 2.59. The first-order valence-corrected chi connectivity index (χ1v) is 7.92. The number of nitrogens with zero attached hydrogens (tertiary/aromatic N) is 1. The van der Waals surface area contributed by atoms with E-state index in [0.717, 1.165) is 24.9 Å². The third kappa shape index (κ3) is 3.21. The van der Waals surface area contributed by atoms with E-state index in [1.165, 1.54) is 31.5 Å². The topological polar surface area (TPSA) is 15.3 Å². The molecule has 2 nitrogen and oxygen atoms in total. The van der Waals surface area contributed by atoms with Crippen molar-refractivity contribution >= 4 is 0 Å². The number of alkyl halides is 1. The molecule has 2 aliphatic rings. The number of hydrogen-bond donors (Lipinski definition) is 1.